The van der Waals surface area contributed by atoms with E-state index in [4.69, 9.17) is 8.92 Å². The maximum absolute atomic E-state index is 13.0. The van der Waals surface area contributed by atoms with Crippen molar-refractivity contribution in [2.45, 2.75) is 58.5 Å². The molecule has 0 atom stereocenters. The van der Waals surface area contributed by atoms with Crippen molar-refractivity contribution >= 4 is 16.0 Å². The van der Waals surface area contributed by atoms with Gasteiger partial charge in [0.15, 0.2) is 11.5 Å². The lowest BCUT2D eigenvalue weighted by Crippen LogP contribution is -2.41. The second kappa shape index (κ2) is 8.75. The van der Waals surface area contributed by atoms with Crippen LogP contribution in [0.25, 0.3) is 0 Å². The van der Waals surface area contributed by atoms with Gasteiger partial charge in [-0.05, 0) is 44.4 Å². The predicted octanol–water partition coefficient (Wildman–Crippen LogP) is 3.35. The Morgan fingerprint density at radius 1 is 1.19 bits per heavy atom. The largest absolute Gasteiger partial charge is 0.493 e. The summed E-state index contributed by atoms with van der Waals surface area (Å²) < 4.78 is 33.2. The van der Waals surface area contributed by atoms with Crippen LogP contribution in [0.2, 0.25) is 0 Å². The topological polar surface area (TPSA) is 72.9 Å². The molecule has 146 valence electrons. The molecule has 1 aliphatic carbocycles. The second-order valence-electron chi connectivity index (χ2n) is 7.17. The Kier molecular flexibility index (Phi) is 6.92. The van der Waals surface area contributed by atoms with Gasteiger partial charge in [-0.15, -0.1) is 0 Å². The van der Waals surface area contributed by atoms with E-state index in [1.807, 2.05) is 24.8 Å². The van der Waals surface area contributed by atoms with Crippen molar-refractivity contribution in [1.82, 2.24) is 4.90 Å². The highest BCUT2D eigenvalue weighted by Gasteiger charge is 2.27. The molecule has 1 aromatic rings. The third-order valence-electron chi connectivity index (χ3n) is 4.68. The zero-order valence-electron chi connectivity index (χ0n) is 16.0. The van der Waals surface area contributed by atoms with Gasteiger partial charge in [-0.2, -0.15) is 8.42 Å². The molecule has 26 heavy (non-hydrogen) atoms. The van der Waals surface area contributed by atoms with E-state index in [1.54, 1.807) is 12.1 Å². The molecule has 1 aliphatic rings. The summed E-state index contributed by atoms with van der Waals surface area (Å²) in [6, 6.07) is 5.19. The molecule has 1 saturated carbocycles. The van der Waals surface area contributed by atoms with Crippen molar-refractivity contribution in [3.63, 3.8) is 0 Å². The van der Waals surface area contributed by atoms with Gasteiger partial charge in [0.1, 0.15) is 0 Å². The highest BCUT2D eigenvalue weighted by atomic mass is 32.2. The van der Waals surface area contributed by atoms with Crippen LogP contribution >= 0.6 is 0 Å². The van der Waals surface area contributed by atoms with Crippen molar-refractivity contribution in [3.05, 3.63) is 23.8 Å². The van der Waals surface area contributed by atoms with Crippen LogP contribution in [0.5, 0.6) is 11.5 Å². The number of carbonyl (C=O) groups excluding carboxylic acids is 1. The van der Waals surface area contributed by atoms with Gasteiger partial charge in [0.2, 0.25) is 5.91 Å². The average molecular weight is 384 g/mol. The summed E-state index contributed by atoms with van der Waals surface area (Å²) in [7, 11) is -2.21. The van der Waals surface area contributed by atoms with Crippen LogP contribution < -0.4 is 8.92 Å². The van der Waals surface area contributed by atoms with Crippen LogP contribution in [0.1, 0.15) is 51.5 Å². The fourth-order valence-corrected chi connectivity index (χ4v) is 3.80. The molecular weight excluding hydrogens is 354 g/mol. The van der Waals surface area contributed by atoms with Gasteiger partial charge < -0.3 is 13.8 Å². The number of rotatable bonds is 7. The quantitative estimate of drug-likeness (QED) is 0.675. The summed E-state index contributed by atoms with van der Waals surface area (Å²) >= 11 is 0. The van der Waals surface area contributed by atoms with Crippen molar-refractivity contribution in [2.75, 3.05) is 13.4 Å². The molecule has 0 bridgehead atoms. The van der Waals surface area contributed by atoms with Crippen LogP contribution in [0.15, 0.2) is 18.2 Å². The highest BCUT2D eigenvalue weighted by Crippen LogP contribution is 2.31. The summed E-state index contributed by atoms with van der Waals surface area (Å²) in [5, 5.41) is 0. The van der Waals surface area contributed by atoms with E-state index in [9.17, 15) is 13.2 Å². The number of nitrogens with zero attached hydrogens (tertiary/aromatic N) is 1. The summed E-state index contributed by atoms with van der Waals surface area (Å²) in [6.07, 6.45) is 6.32. The summed E-state index contributed by atoms with van der Waals surface area (Å²) in [5.41, 5.74) is 0.808. The third kappa shape index (κ3) is 5.62. The van der Waals surface area contributed by atoms with Crippen LogP contribution in [-0.4, -0.2) is 38.6 Å². The molecular formula is C19H29NO5S. The van der Waals surface area contributed by atoms with Crippen molar-refractivity contribution in [1.29, 1.82) is 0 Å². The lowest BCUT2D eigenvalue weighted by atomic mass is 9.88. The Labute approximate surface area is 156 Å². The number of benzene rings is 1. The first-order valence-electron chi connectivity index (χ1n) is 9.08. The molecule has 7 heteroatoms. The van der Waals surface area contributed by atoms with Crippen LogP contribution in [0.4, 0.5) is 0 Å². The normalized spacial score (nSPS) is 15.7. The molecule has 0 N–H and O–H groups in total. The molecule has 0 spiro atoms. The standard InChI is InChI=1S/C19H29NO5S/c1-14(2)20(19(21)16-8-6-5-7-9-16)13-15-10-11-17(24-3)18(12-15)25-26(4,22)23/h10-12,14,16H,5-9,13H2,1-4H3. The highest BCUT2D eigenvalue weighted by molar-refractivity contribution is 7.86. The van der Waals surface area contributed by atoms with Gasteiger partial charge >= 0.3 is 10.1 Å². The third-order valence-corrected chi connectivity index (χ3v) is 5.17. The van der Waals surface area contributed by atoms with Crippen LogP contribution in [0.3, 0.4) is 0 Å². The Hall–Kier alpha value is -1.76. The molecule has 0 unspecified atom stereocenters. The first-order chi connectivity index (χ1) is 12.2. The minimum absolute atomic E-state index is 0.0609. The SMILES string of the molecule is COc1ccc(CN(C(=O)C2CCCCC2)C(C)C)cc1OS(C)(=O)=O. The summed E-state index contributed by atoms with van der Waals surface area (Å²) in [5.74, 6) is 0.757. The molecule has 0 aliphatic heterocycles. The molecule has 2 rings (SSSR count). The van der Waals surface area contributed by atoms with Gasteiger partial charge in [-0.25, -0.2) is 0 Å². The Morgan fingerprint density at radius 3 is 2.38 bits per heavy atom. The number of hydrogen-bond acceptors (Lipinski definition) is 5. The summed E-state index contributed by atoms with van der Waals surface area (Å²) in [4.78, 5) is 14.8. The fraction of sp³-hybridized carbons (Fsp3) is 0.632. The molecule has 1 fully saturated rings. The first kappa shape index (κ1) is 20.6. The Balaban J connectivity index is 2.22. The van der Waals surface area contributed by atoms with Crippen LogP contribution in [-0.2, 0) is 21.5 Å². The molecule has 0 radical (unpaired) electrons. The van der Waals surface area contributed by atoms with Crippen molar-refractivity contribution in [3.8, 4) is 11.5 Å². The number of methoxy groups -OCH3 is 1. The molecule has 0 saturated heterocycles. The minimum atomic E-state index is -3.67. The summed E-state index contributed by atoms with van der Waals surface area (Å²) in [6.45, 7) is 4.41. The number of ether oxygens (including phenoxy) is 1. The maximum Gasteiger partial charge on any atom is 0.306 e. The smallest absolute Gasteiger partial charge is 0.306 e. The van der Waals surface area contributed by atoms with Crippen molar-refractivity contribution < 1.29 is 22.1 Å². The molecule has 6 nitrogen and oxygen atoms in total. The maximum atomic E-state index is 13.0. The Bertz CT molecular complexity index is 723. The number of amides is 1. The second-order valence-corrected chi connectivity index (χ2v) is 8.74. The van der Waals surface area contributed by atoms with E-state index in [1.165, 1.54) is 13.5 Å². The van der Waals surface area contributed by atoms with Gasteiger partial charge in [0.25, 0.3) is 0 Å². The molecule has 1 amide bonds. The zero-order chi connectivity index (χ0) is 19.3. The predicted molar refractivity (Wildman–Crippen MR) is 101 cm³/mol. The van der Waals surface area contributed by atoms with Crippen molar-refractivity contribution in [2.24, 2.45) is 5.92 Å². The first-order valence-corrected chi connectivity index (χ1v) is 10.9. The van der Waals surface area contributed by atoms with E-state index in [-0.39, 0.29) is 23.6 Å². The van der Waals surface area contributed by atoms with Gasteiger partial charge in [-0.1, -0.05) is 25.3 Å². The monoisotopic (exact) mass is 383 g/mol. The molecule has 1 aromatic carbocycles. The van der Waals surface area contributed by atoms with Gasteiger partial charge in [-0.3, -0.25) is 4.79 Å². The fourth-order valence-electron chi connectivity index (χ4n) is 3.34. The lowest BCUT2D eigenvalue weighted by Gasteiger charge is -2.32. The van der Waals surface area contributed by atoms with E-state index in [0.29, 0.717) is 12.3 Å². The molecule has 0 heterocycles. The number of hydrogen-bond donors (Lipinski definition) is 0. The van der Waals surface area contributed by atoms with E-state index in [0.717, 1.165) is 37.5 Å². The lowest BCUT2D eigenvalue weighted by molar-refractivity contribution is -0.139. The molecule has 0 aromatic heterocycles. The average Bonchev–Trinajstić information content (AvgIpc) is 2.58. The van der Waals surface area contributed by atoms with Gasteiger partial charge in [0, 0.05) is 18.5 Å². The van der Waals surface area contributed by atoms with Gasteiger partial charge in [0.05, 0.1) is 13.4 Å². The minimum Gasteiger partial charge on any atom is -0.493 e. The number of carbonyl (C=O) groups is 1. The zero-order valence-corrected chi connectivity index (χ0v) is 16.8. The van der Waals surface area contributed by atoms with E-state index < -0.39 is 10.1 Å². The van der Waals surface area contributed by atoms with Crippen LogP contribution in [0, 0.1) is 5.92 Å². The van der Waals surface area contributed by atoms with E-state index in [2.05, 4.69) is 0 Å². The van der Waals surface area contributed by atoms with E-state index >= 15 is 0 Å². The Morgan fingerprint density at radius 2 is 1.85 bits per heavy atom.